The van der Waals surface area contributed by atoms with Gasteiger partial charge in [-0.05, 0) is 30.7 Å². The standard InChI is InChI=1S/C12H11F2NO/c1-7-4-9(11(14)5-10(7)13)12-3-2-8(6-15)16-12/h2-5H,6,15H2,1H3. The first kappa shape index (κ1) is 10.8. The Kier molecular flexibility index (Phi) is 2.75. The Morgan fingerprint density at radius 3 is 2.56 bits per heavy atom. The molecule has 0 radical (unpaired) electrons. The van der Waals surface area contributed by atoms with Crippen molar-refractivity contribution in [3.63, 3.8) is 0 Å². The number of nitrogens with two attached hydrogens (primary N) is 1. The Morgan fingerprint density at radius 1 is 1.19 bits per heavy atom. The predicted molar refractivity (Wildman–Crippen MR) is 56.7 cm³/mol. The maximum atomic E-state index is 13.5. The molecule has 0 aliphatic heterocycles. The molecule has 0 aliphatic carbocycles. The summed E-state index contributed by atoms with van der Waals surface area (Å²) >= 11 is 0. The zero-order valence-corrected chi connectivity index (χ0v) is 8.76. The molecule has 0 bridgehead atoms. The third-order valence-electron chi connectivity index (χ3n) is 2.38. The molecular formula is C12H11F2NO. The molecule has 0 saturated carbocycles. The molecule has 0 aliphatic rings. The van der Waals surface area contributed by atoms with Crippen molar-refractivity contribution in [3.8, 4) is 11.3 Å². The van der Waals surface area contributed by atoms with Crippen molar-refractivity contribution in [1.29, 1.82) is 0 Å². The molecule has 4 heteroatoms. The van der Waals surface area contributed by atoms with Crippen molar-refractivity contribution in [2.75, 3.05) is 0 Å². The normalized spacial score (nSPS) is 10.8. The molecule has 0 fully saturated rings. The lowest BCUT2D eigenvalue weighted by molar-refractivity contribution is 0.517. The van der Waals surface area contributed by atoms with E-state index >= 15 is 0 Å². The number of hydrogen-bond acceptors (Lipinski definition) is 2. The highest BCUT2D eigenvalue weighted by molar-refractivity contribution is 5.59. The first-order valence-corrected chi connectivity index (χ1v) is 4.86. The van der Waals surface area contributed by atoms with E-state index in [0.717, 1.165) is 6.07 Å². The van der Waals surface area contributed by atoms with Crippen LogP contribution in [-0.4, -0.2) is 0 Å². The van der Waals surface area contributed by atoms with Crippen molar-refractivity contribution in [2.45, 2.75) is 13.5 Å². The van der Waals surface area contributed by atoms with Gasteiger partial charge < -0.3 is 10.2 Å². The molecular weight excluding hydrogens is 212 g/mol. The molecule has 1 aromatic carbocycles. The summed E-state index contributed by atoms with van der Waals surface area (Å²) in [5, 5.41) is 0. The smallest absolute Gasteiger partial charge is 0.137 e. The minimum absolute atomic E-state index is 0.249. The van der Waals surface area contributed by atoms with Crippen molar-refractivity contribution >= 4 is 0 Å². The fourth-order valence-corrected chi connectivity index (χ4v) is 1.48. The Bertz CT molecular complexity index is 520. The molecule has 84 valence electrons. The average molecular weight is 223 g/mol. The number of furan rings is 1. The molecule has 2 aromatic rings. The van der Waals surface area contributed by atoms with E-state index in [1.54, 1.807) is 19.1 Å². The molecule has 16 heavy (non-hydrogen) atoms. The van der Waals surface area contributed by atoms with Gasteiger partial charge in [0, 0.05) is 6.07 Å². The number of rotatable bonds is 2. The molecule has 0 saturated heterocycles. The predicted octanol–water partition coefficient (Wildman–Crippen LogP) is 2.99. The van der Waals surface area contributed by atoms with Crippen molar-refractivity contribution in [2.24, 2.45) is 5.73 Å². The molecule has 2 N–H and O–H groups in total. The monoisotopic (exact) mass is 223 g/mol. The highest BCUT2D eigenvalue weighted by atomic mass is 19.1. The lowest BCUT2D eigenvalue weighted by Gasteiger charge is -2.02. The van der Waals surface area contributed by atoms with Crippen LogP contribution in [0.1, 0.15) is 11.3 Å². The summed E-state index contributed by atoms with van der Waals surface area (Å²) in [5.41, 5.74) is 6.01. The molecule has 0 unspecified atom stereocenters. The average Bonchev–Trinajstić information content (AvgIpc) is 2.71. The van der Waals surface area contributed by atoms with Gasteiger partial charge in [-0.3, -0.25) is 0 Å². The second kappa shape index (κ2) is 4.06. The Hall–Kier alpha value is -1.68. The summed E-state index contributed by atoms with van der Waals surface area (Å²) in [6.07, 6.45) is 0. The molecule has 2 rings (SSSR count). The zero-order valence-electron chi connectivity index (χ0n) is 8.76. The molecule has 2 nitrogen and oxygen atoms in total. The van der Waals surface area contributed by atoms with Gasteiger partial charge in [-0.15, -0.1) is 0 Å². The van der Waals surface area contributed by atoms with Gasteiger partial charge in [-0.25, -0.2) is 8.78 Å². The Labute approximate surface area is 91.7 Å². The largest absolute Gasteiger partial charge is 0.460 e. The lowest BCUT2D eigenvalue weighted by atomic mass is 10.1. The summed E-state index contributed by atoms with van der Waals surface area (Å²) in [5.74, 6) is -0.273. The third kappa shape index (κ3) is 1.84. The third-order valence-corrected chi connectivity index (χ3v) is 2.38. The number of aryl methyl sites for hydroxylation is 1. The van der Waals surface area contributed by atoms with E-state index in [0.29, 0.717) is 17.1 Å². The van der Waals surface area contributed by atoms with Crippen LogP contribution in [0.2, 0.25) is 0 Å². The summed E-state index contributed by atoms with van der Waals surface area (Å²) in [4.78, 5) is 0. The van der Waals surface area contributed by atoms with E-state index in [1.807, 2.05) is 0 Å². The minimum atomic E-state index is -0.638. The molecule has 0 atom stereocenters. The fraction of sp³-hybridized carbons (Fsp3) is 0.167. The van der Waals surface area contributed by atoms with Crippen LogP contribution in [0.4, 0.5) is 8.78 Å². The fourth-order valence-electron chi connectivity index (χ4n) is 1.48. The zero-order chi connectivity index (χ0) is 11.7. The van der Waals surface area contributed by atoms with E-state index in [9.17, 15) is 8.78 Å². The second-order valence-electron chi connectivity index (χ2n) is 3.55. The van der Waals surface area contributed by atoms with Crippen LogP contribution in [0.5, 0.6) is 0 Å². The summed E-state index contributed by atoms with van der Waals surface area (Å²) in [6.45, 7) is 1.83. The number of halogens is 2. The molecule has 0 spiro atoms. The highest BCUT2D eigenvalue weighted by Crippen LogP contribution is 2.27. The van der Waals surface area contributed by atoms with Crippen LogP contribution in [-0.2, 0) is 6.54 Å². The van der Waals surface area contributed by atoms with E-state index in [-0.39, 0.29) is 12.1 Å². The quantitative estimate of drug-likeness (QED) is 0.850. The first-order valence-electron chi connectivity index (χ1n) is 4.86. The summed E-state index contributed by atoms with van der Waals surface area (Å²) < 4.78 is 31.9. The van der Waals surface area contributed by atoms with Gasteiger partial charge in [0.1, 0.15) is 23.2 Å². The maximum Gasteiger partial charge on any atom is 0.137 e. The van der Waals surface area contributed by atoms with Crippen LogP contribution in [0.3, 0.4) is 0 Å². The van der Waals surface area contributed by atoms with Gasteiger partial charge in [0.25, 0.3) is 0 Å². The molecule has 1 heterocycles. The van der Waals surface area contributed by atoms with Gasteiger partial charge in [-0.2, -0.15) is 0 Å². The van der Waals surface area contributed by atoms with Gasteiger partial charge in [0.2, 0.25) is 0 Å². The van der Waals surface area contributed by atoms with Crippen LogP contribution in [0.15, 0.2) is 28.7 Å². The van der Waals surface area contributed by atoms with Crippen LogP contribution in [0.25, 0.3) is 11.3 Å². The SMILES string of the molecule is Cc1cc(-c2ccc(CN)o2)c(F)cc1F. The summed E-state index contributed by atoms with van der Waals surface area (Å²) in [6, 6.07) is 5.57. The number of benzene rings is 1. The molecule has 0 amide bonds. The van der Waals surface area contributed by atoms with E-state index in [1.165, 1.54) is 6.07 Å². The lowest BCUT2D eigenvalue weighted by Crippen LogP contribution is -1.93. The first-order chi connectivity index (χ1) is 7.61. The molecule has 1 aromatic heterocycles. The Morgan fingerprint density at radius 2 is 1.94 bits per heavy atom. The van der Waals surface area contributed by atoms with E-state index in [2.05, 4.69) is 0 Å². The van der Waals surface area contributed by atoms with Crippen molar-refractivity contribution in [3.05, 3.63) is 47.2 Å². The van der Waals surface area contributed by atoms with Crippen LogP contribution >= 0.6 is 0 Å². The van der Waals surface area contributed by atoms with Crippen molar-refractivity contribution in [1.82, 2.24) is 0 Å². The summed E-state index contributed by atoms with van der Waals surface area (Å²) in [7, 11) is 0. The van der Waals surface area contributed by atoms with Gasteiger partial charge in [-0.1, -0.05) is 0 Å². The van der Waals surface area contributed by atoms with Gasteiger partial charge in [0.05, 0.1) is 12.1 Å². The van der Waals surface area contributed by atoms with Gasteiger partial charge in [0.15, 0.2) is 0 Å². The van der Waals surface area contributed by atoms with Crippen molar-refractivity contribution < 1.29 is 13.2 Å². The van der Waals surface area contributed by atoms with E-state index in [4.69, 9.17) is 10.2 Å². The topological polar surface area (TPSA) is 39.2 Å². The maximum absolute atomic E-state index is 13.5. The van der Waals surface area contributed by atoms with Crippen LogP contribution in [0, 0.1) is 18.6 Å². The van der Waals surface area contributed by atoms with Crippen LogP contribution < -0.4 is 5.73 Å². The second-order valence-corrected chi connectivity index (χ2v) is 3.55. The number of hydrogen-bond donors (Lipinski definition) is 1. The van der Waals surface area contributed by atoms with E-state index < -0.39 is 11.6 Å². The highest BCUT2D eigenvalue weighted by Gasteiger charge is 2.12. The Balaban J connectivity index is 2.51. The minimum Gasteiger partial charge on any atom is -0.460 e. The van der Waals surface area contributed by atoms with Gasteiger partial charge >= 0.3 is 0 Å².